The lowest BCUT2D eigenvalue weighted by molar-refractivity contribution is -0.122. The topological polar surface area (TPSA) is 99.5 Å². The Labute approximate surface area is 223 Å². The van der Waals surface area contributed by atoms with E-state index >= 15 is 0 Å². The van der Waals surface area contributed by atoms with Crippen molar-refractivity contribution in [3.63, 3.8) is 0 Å². The third-order valence-corrected chi connectivity index (χ3v) is 9.06. The molecule has 4 amide bonds. The van der Waals surface area contributed by atoms with Crippen molar-refractivity contribution in [1.29, 1.82) is 5.26 Å². The van der Waals surface area contributed by atoms with Gasteiger partial charge in [-0.1, -0.05) is 18.2 Å². The number of rotatable bonds is 5. The number of halogens is 1. The van der Waals surface area contributed by atoms with E-state index < -0.39 is 17.8 Å². The van der Waals surface area contributed by atoms with Gasteiger partial charge in [0.25, 0.3) is 11.8 Å². The second-order valence-electron chi connectivity index (χ2n) is 10.8. The number of anilines is 1. The van der Waals surface area contributed by atoms with Crippen LogP contribution in [0, 0.1) is 29.1 Å². The molecule has 5 aliphatic rings. The number of amides is 4. The summed E-state index contributed by atoms with van der Waals surface area (Å²) in [5, 5.41) is 11.0. The normalized spacial score (nSPS) is 29.4. The summed E-state index contributed by atoms with van der Waals surface area (Å²) in [6.07, 6.45) is 9.26. The van der Waals surface area contributed by atoms with Crippen LogP contribution in [0.15, 0.2) is 52.5 Å². The summed E-state index contributed by atoms with van der Waals surface area (Å²) in [7, 11) is 0. The van der Waals surface area contributed by atoms with Crippen molar-refractivity contribution in [3.8, 4) is 11.8 Å². The average Bonchev–Trinajstić information content (AvgIpc) is 2.85. The molecular weight excluding hydrogens is 534 g/mol. The molecule has 7 rings (SSSR count). The first-order chi connectivity index (χ1) is 17.8. The van der Waals surface area contributed by atoms with Crippen molar-refractivity contribution < 1.29 is 19.1 Å². The summed E-state index contributed by atoms with van der Waals surface area (Å²) >= 11 is 3.38. The summed E-state index contributed by atoms with van der Waals surface area (Å²) in [5.74, 6) is 1.54. The van der Waals surface area contributed by atoms with E-state index in [0.29, 0.717) is 21.5 Å². The number of hydrogen-bond acceptors (Lipinski definition) is 5. The van der Waals surface area contributed by atoms with E-state index in [0.717, 1.165) is 22.7 Å². The highest BCUT2D eigenvalue weighted by Crippen LogP contribution is 2.60. The van der Waals surface area contributed by atoms with E-state index in [-0.39, 0.29) is 17.6 Å². The van der Waals surface area contributed by atoms with E-state index in [2.05, 4.69) is 33.4 Å². The molecule has 0 spiro atoms. The van der Waals surface area contributed by atoms with Gasteiger partial charge in [-0.05, 0) is 119 Å². The van der Waals surface area contributed by atoms with Gasteiger partial charge < -0.3 is 4.74 Å². The van der Waals surface area contributed by atoms with Gasteiger partial charge in [-0.2, -0.15) is 5.26 Å². The van der Waals surface area contributed by atoms with Crippen molar-refractivity contribution in [2.24, 2.45) is 17.8 Å². The first-order valence-electron chi connectivity index (χ1n) is 12.7. The Hall–Kier alpha value is -3.44. The molecular formula is C29H26BrN3O4. The summed E-state index contributed by atoms with van der Waals surface area (Å²) in [6, 6.07) is 13.9. The lowest BCUT2D eigenvalue weighted by Crippen LogP contribution is -2.54. The Morgan fingerprint density at radius 2 is 1.68 bits per heavy atom. The van der Waals surface area contributed by atoms with Gasteiger partial charge in [0.1, 0.15) is 17.4 Å². The smallest absolute Gasteiger partial charge is 0.335 e. The molecule has 5 fully saturated rings. The van der Waals surface area contributed by atoms with E-state index in [4.69, 9.17) is 10.00 Å². The van der Waals surface area contributed by atoms with Gasteiger partial charge in [0.05, 0.1) is 10.2 Å². The van der Waals surface area contributed by atoms with Crippen LogP contribution in [0.2, 0.25) is 0 Å². The van der Waals surface area contributed by atoms with Crippen LogP contribution in [0.25, 0.3) is 6.08 Å². The molecule has 4 bridgehead atoms. The van der Waals surface area contributed by atoms with Gasteiger partial charge in [0, 0.05) is 0 Å². The minimum Gasteiger partial charge on any atom is -0.478 e. The molecule has 0 aromatic heterocycles. The largest absolute Gasteiger partial charge is 0.478 e. The summed E-state index contributed by atoms with van der Waals surface area (Å²) in [5.41, 5.74) is 2.40. The van der Waals surface area contributed by atoms with Crippen LogP contribution in [0.1, 0.15) is 49.7 Å². The zero-order valence-electron chi connectivity index (χ0n) is 20.2. The third kappa shape index (κ3) is 4.25. The maximum absolute atomic E-state index is 13.4. The fourth-order valence-corrected chi connectivity index (χ4v) is 7.83. The Bertz CT molecular complexity index is 1340. The number of hydrogen-bond donors (Lipinski definition) is 1. The molecule has 2 aromatic carbocycles. The molecule has 8 heteroatoms. The minimum atomic E-state index is -0.754. The van der Waals surface area contributed by atoms with Crippen LogP contribution in [0.4, 0.5) is 10.5 Å². The third-order valence-electron chi connectivity index (χ3n) is 8.44. The zero-order valence-corrected chi connectivity index (χ0v) is 21.8. The SMILES string of the molecule is N#CCOc1ccc(/C=C2\C(=O)NC(=O)N(c3ccc(C45CC6CC(CC(C6)C4)C5)cc3)C2=O)cc1Br. The maximum atomic E-state index is 13.4. The van der Waals surface area contributed by atoms with E-state index in [1.54, 1.807) is 18.2 Å². The highest BCUT2D eigenvalue weighted by Gasteiger charge is 2.51. The van der Waals surface area contributed by atoms with Gasteiger partial charge in [0.2, 0.25) is 0 Å². The first kappa shape index (κ1) is 23.9. The Kier molecular flexibility index (Phi) is 5.91. The predicted molar refractivity (Wildman–Crippen MR) is 141 cm³/mol. The fraction of sp³-hybridized carbons (Fsp3) is 0.379. The molecule has 2 aromatic rings. The molecule has 7 nitrogen and oxygen atoms in total. The fourth-order valence-electron chi connectivity index (χ4n) is 7.32. The van der Waals surface area contributed by atoms with Gasteiger partial charge in [-0.3, -0.25) is 14.9 Å². The van der Waals surface area contributed by atoms with Crippen molar-refractivity contribution in [3.05, 3.63) is 63.6 Å². The lowest BCUT2D eigenvalue weighted by Gasteiger charge is -2.57. The quantitative estimate of drug-likeness (QED) is 0.386. The molecule has 0 atom stereocenters. The van der Waals surface area contributed by atoms with Crippen molar-refractivity contribution in [2.75, 3.05) is 11.5 Å². The maximum Gasteiger partial charge on any atom is 0.335 e. The Balaban J connectivity index is 1.26. The number of carbonyl (C=O) groups is 3. The molecule has 4 saturated carbocycles. The molecule has 0 radical (unpaired) electrons. The zero-order chi connectivity index (χ0) is 25.7. The molecule has 1 aliphatic heterocycles. The van der Waals surface area contributed by atoms with Gasteiger partial charge >= 0.3 is 6.03 Å². The molecule has 37 heavy (non-hydrogen) atoms. The predicted octanol–water partition coefficient (Wildman–Crippen LogP) is 5.49. The Morgan fingerprint density at radius 1 is 1.03 bits per heavy atom. The number of carbonyl (C=O) groups excluding carboxylic acids is 3. The molecule has 188 valence electrons. The van der Waals surface area contributed by atoms with Gasteiger partial charge in [0.15, 0.2) is 6.61 Å². The second-order valence-corrected chi connectivity index (χ2v) is 11.7. The number of urea groups is 1. The Morgan fingerprint density at radius 3 is 2.27 bits per heavy atom. The summed E-state index contributed by atoms with van der Waals surface area (Å²) < 4.78 is 5.90. The summed E-state index contributed by atoms with van der Waals surface area (Å²) in [4.78, 5) is 39.7. The van der Waals surface area contributed by atoms with Gasteiger partial charge in [-0.25, -0.2) is 9.69 Å². The molecule has 4 aliphatic carbocycles. The molecule has 1 heterocycles. The monoisotopic (exact) mass is 559 g/mol. The van der Waals surface area contributed by atoms with Crippen LogP contribution in [0.5, 0.6) is 5.75 Å². The van der Waals surface area contributed by atoms with Crippen molar-refractivity contribution >= 4 is 45.5 Å². The van der Waals surface area contributed by atoms with Crippen molar-refractivity contribution in [2.45, 2.75) is 43.9 Å². The number of nitrogens with zero attached hydrogens (tertiary/aromatic N) is 2. The number of nitrogens with one attached hydrogen (secondary N) is 1. The van der Waals surface area contributed by atoms with E-state index in [9.17, 15) is 14.4 Å². The van der Waals surface area contributed by atoms with Gasteiger partial charge in [-0.15, -0.1) is 0 Å². The van der Waals surface area contributed by atoms with Crippen LogP contribution in [-0.2, 0) is 15.0 Å². The number of ether oxygens (including phenoxy) is 1. The number of nitriles is 1. The van der Waals surface area contributed by atoms with E-state index in [1.165, 1.54) is 50.2 Å². The van der Waals surface area contributed by atoms with Crippen molar-refractivity contribution in [1.82, 2.24) is 5.32 Å². The minimum absolute atomic E-state index is 0.0986. The van der Waals surface area contributed by atoms with Crippen LogP contribution in [-0.4, -0.2) is 24.5 Å². The standard InChI is InChI=1S/C29H26BrN3O4/c30-24-13-17(1-6-25(24)37-8-7-31)12-23-26(34)32-28(36)33(27(23)35)22-4-2-21(3-5-22)29-14-18-9-19(15-29)11-20(10-18)16-29/h1-6,12-13,18-20H,8-11,14-16H2,(H,32,34,36)/b23-12+. The highest BCUT2D eigenvalue weighted by molar-refractivity contribution is 9.10. The number of barbiturate groups is 1. The average molecular weight is 560 g/mol. The number of imide groups is 2. The van der Waals surface area contributed by atoms with E-state index in [1.807, 2.05) is 18.2 Å². The molecule has 0 unspecified atom stereocenters. The van der Waals surface area contributed by atoms with Crippen LogP contribution >= 0.6 is 15.9 Å². The first-order valence-corrected chi connectivity index (χ1v) is 13.5. The highest BCUT2D eigenvalue weighted by atomic mass is 79.9. The number of benzene rings is 2. The second kappa shape index (κ2) is 9.14. The molecule has 1 saturated heterocycles. The van der Waals surface area contributed by atoms with Crippen LogP contribution < -0.4 is 15.0 Å². The van der Waals surface area contributed by atoms with Crippen LogP contribution in [0.3, 0.4) is 0 Å². The molecule has 1 N–H and O–H groups in total. The lowest BCUT2D eigenvalue weighted by atomic mass is 9.48. The summed E-state index contributed by atoms with van der Waals surface area (Å²) in [6.45, 7) is -0.0986.